The number of carbonyl (C=O) groups excluding carboxylic acids is 1. The van der Waals surface area contributed by atoms with Gasteiger partial charge in [0.25, 0.3) is 0 Å². The standard InChI is InChI=1S/C30H33N7O/c1-21-15-26-25(11-12-32-30(26)31)22(2)27(21)18-34-29-16-28(35-20-36-29)33-17-23-7-9-24(10-8-23)19-37(3)13-5-4-6-14-38/h4-16,20H,17-19H2,1-3H3,(H2,31,32)(H2,33,34,35,36)/b6-4-,13-5-. The Balaban J connectivity index is 1.34. The first-order chi connectivity index (χ1) is 18.4. The van der Waals surface area contributed by atoms with Crippen LogP contribution in [0.25, 0.3) is 10.8 Å². The lowest BCUT2D eigenvalue weighted by Crippen LogP contribution is -2.10. The van der Waals surface area contributed by atoms with Gasteiger partial charge in [-0.15, -0.1) is 0 Å². The van der Waals surface area contributed by atoms with E-state index in [9.17, 15) is 4.79 Å². The number of pyridine rings is 1. The highest BCUT2D eigenvalue weighted by Gasteiger charge is 2.10. The number of benzene rings is 2. The van der Waals surface area contributed by atoms with Crippen LogP contribution in [0.1, 0.15) is 27.8 Å². The summed E-state index contributed by atoms with van der Waals surface area (Å²) in [6.07, 6.45) is 11.0. The average Bonchev–Trinajstić information content (AvgIpc) is 2.91. The lowest BCUT2D eigenvalue weighted by molar-refractivity contribution is -0.104. The summed E-state index contributed by atoms with van der Waals surface area (Å²) < 4.78 is 0. The van der Waals surface area contributed by atoms with Crippen LogP contribution in [0, 0.1) is 13.8 Å². The fraction of sp³-hybridized carbons (Fsp3) is 0.200. The number of allylic oxidation sites excluding steroid dienone is 3. The van der Waals surface area contributed by atoms with E-state index in [1.165, 1.54) is 22.8 Å². The lowest BCUT2D eigenvalue weighted by atomic mass is 9.96. The van der Waals surface area contributed by atoms with E-state index in [-0.39, 0.29) is 0 Å². The molecule has 0 atom stereocenters. The molecule has 0 saturated carbocycles. The Morgan fingerprint density at radius 3 is 2.32 bits per heavy atom. The summed E-state index contributed by atoms with van der Waals surface area (Å²) >= 11 is 0. The van der Waals surface area contributed by atoms with Gasteiger partial charge < -0.3 is 21.3 Å². The van der Waals surface area contributed by atoms with E-state index in [1.807, 2.05) is 31.5 Å². The minimum Gasteiger partial charge on any atom is -0.383 e. The van der Waals surface area contributed by atoms with E-state index in [4.69, 9.17) is 5.73 Å². The number of aryl methyl sites for hydroxylation is 2. The van der Waals surface area contributed by atoms with Gasteiger partial charge in [-0.25, -0.2) is 15.0 Å². The third-order valence-corrected chi connectivity index (χ3v) is 6.40. The molecule has 4 rings (SSSR count). The topological polar surface area (TPSA) is 109 Å². The summed E-state index contributed by atoms with van der Waals surface area (Å²) in [6, 6.07) is 14.5. The number of aromatic nitrogens is 3. The van der Waals surface area contributed by atoms with Gasteiger partial charge in [-0.2, -0.15) is 0 Å². The van der Waals surface area contributed by atoms with Crippen molar-refractivity contribution in [2.24, 2.45) is 0 Å². The Morgan fingerprint density at radius 2 is 1.58 bits per heavy atom. The number of nitrogens with two attached hydrogens (primary N) is 1. The number of carbonyl (C=O) groups is 1. The number of fused-ring (bicyclic) bond motifs is 1. The van der Waals surface area contributed by atoms with Gasteiger partial charge in [0.1, 0.15) is 30.1 Å². The van der Waals surface area contributed by atoms with Crippen LogP contribution in [0.15, 0.2) is 79.4 Å². The smallest absolute Gasteiger partial charge is 0.142 e. The second-order valence-corrected chi connectivity index (χ2v) is 9.18. The first-order valence-electron chi connectivity index (χ1n) is 12.4. The van der Waals surface area contributed by atoms with E-state index in [1.54, 1.807) is 18.6 Å². The van der Waals surface area contributed by atoms with Crippen LogP contribution in [0.5, 0.6) is 0 Å². The minimum absolute atomic E-state index is 0.555. The van der Waals surface area contributed by atoms with Gasteiger partial charge in [-0.3, -0.25) is 4.79 Å². The summed E-state index contributed by atoms with van der Waals surface area (Å²) in [6.45, 7) is 6.29. The van der Waals surface area contributed by atoms with Crippen molar-refractivity contribution in [1.82, 2.24) is 19.9 Å². The predicted molar refractivity (Wildman–Crippen MR) is 155 cm³/mol. The molecule has 0 unspecified atom stereocenters. The molecule has 8 heteroatoms. The van der Waals surface area contributed by atoms with E-state index >= 15 is 0 Å². The number of hydrogen-bond acceptors (Lipinski definition) is 8. The molecule has 2 heterocycles. The minimum atomic E-state index is 0.555. The van der Waals surface area contributed by atoms with E-state index in [0.717, 1.165) is 46.4 Å². The van der Waals surface area contributed by atoms with Crippen LogP contribution in [-0.2, 0) is 24.4 Å². The van der Waals surface area contributed by atoms with Crippen molar-refractivity contribution in [3.8, 4) is 0 Å². The number of aldehydes is 1. The molecule has 8 nitrogen and oxygen atoms in total. The maximum Gasteiger partial charge on any atom is 0.142 e. The molecule has 0 aliphatic heterocycles. The summed E-state index contributed by atoms with van der Waals surface area (Å²) in [5, 5.41) is 8.92. The molecule has 194 valence electrons. The van der Waals surface area contributed by atoms with E-state index in [2.05, 4.69) is 74.7 Å². The van der Waals surface area contributed by atoms with Crippen molar-refractivity contribution in [3.05, 3.63) is 107 Å². The molecule has 0 aliphatic carbocycles. The zero-order valence-corrected chi connectivity index (χ0v) is 22.0. The highest BCUT2D eigenvalue weighted by atomic mass is 16.1. The van der Waals surface area contributed by atoms with Crippen LogP contribution in [-0.4, -0.2) is 33.2 Å². The van der Waals surface area contributed by atoms with Gasteiger partial charge in [0.15, 0.2) is 0 Å². The van der Waals surface area contributed by atoms with Gasteiger partial charge >= 0.3 is 0 Å². The Bertz CT molecular complexity index is 1460. The summed E-state index contributed by atoms with van der Waals surface area (Å²) in [7, 11) is 2.00. The highest BCUT2D eigenvalue weighted by Crippen LogP contribution is 2.28. The van der Waals surface area contributed by atoms with Crippen molar-refractivity contribution in [2.75, 3.05) is 23.4 Å². The molecule has 0 saturated heterocycles. The largest absolute Gasteiger partial charge is 0.383 e. The zero-order valence-electron chi connectivity index (χ0n) is 22.0. The molecular weight excluding hydrogens is 474 g/mol. The zero-order chi connectivity index (χ0) is 26.9. The van der Waals surface area contributed by atoms with Crippen molar-refractivity contribution >= 4 is 34.5 Å². The lowest BCUT2D eigenvalue weighted by Gasteiger charge is -2.15. The van der Waals surface area contributed by atoms with E-state index in [0.29, 0.717) is 18.9 Å². The Hall–Kier alpha value is -4.72. The summed E-state index contributed by atoms with van der Waals surface area (Å²) in [4.78, 5) is 25.4. The molecule has 2 aromatic carbocycles. The van der Waals surface area contributed by atoms with E-state index < -0.39 is 0 Å². The fourth-order valence-corrected chi connectivity index (χ4v) is 4.33. The first kappa shape index (κ1) is 26.3. The molecule has 2 aromatic heterocycles. The molecule has 4 N–H and O–H groups in total. The summed E-state index contributed by atoms with van der Waals surface area (Å²) in [5.41, 5.74) is 12.0. The third-order valence-electron chi connectivity index (χ3n) is 6.40. The van der Waals surface area contributed by atoms with Crippen molar-refractivity contribution in [3.63, 3.8) is 0 Å². The Morgan fingerprint density at radius 1 is 0.868 bits per heavy atom. The monoisotopic (exact) mass is 507 g/mol. The van der Waals surface area contributed by atoms with Gasteiger partial charge in [0.2, 0.25) is 0 Å². The Kier molecular flexibility index (Phi) is 8.66. The highest BCUT2D eigenvalue weighted by molar-refractivity contribution is 5.94. The molecule has 0 amide bonds. The molecule has 4 aromatic rings. The van der Waals surface area contributed by atoms with Gasteiger partial charge in [0, 0.05) is 44.3 Å². The van der Waals surface area contributed by atoms with Crippen LogP contribution in [0.4, 0.5) is 17.5 Å². The van der Waals surface area contributed by atoms with Crippen LogP contribution >= 0.6 is 0 Å². The van der Waals surface area contributed by atoms with Crippen LogP contribution in [0.2, 0.25) is 0 Å². The second kappa shape index (κ2) is 12.5. The summed E-state index contributed by atoms with van der Waals surface area (Å²) in [5.74, 6) is 2.06. The van der Waals surface area contributed by atoms with Crippen LogP contribution in [0.3, 0.4) is 0 Å². The predicted octanol–water partition coefficient (Wildman–Crippen LogP) is 5.15. The number of nitrogens with zero attached hydrogens (tertiary/aromatic N) is 4. The normalized spacial score (nSPS) is 11.3. The van der Waals surface area contributed by atoms with Crippen molar-refractivity contribution in [2.45, 2.75) is 33.5 Å². The molecular formula is C30H33N7O. The molecule has 0 aliphatic rings. The molecule has 0 spiro atoms. The molecule has 0 bridgehead atoms. The maximum absolute atomic E-state index is 10.3. The SMILES string of the molecule is Cc1cc2c(N)nccc2c(C)c1CNc1cc(NCc2ccc(CN(C)/C=C\C=C/C=O)cc2)ncn1. The van der Waals surface area contributed by atoms with Crippen molar-refractivity contribution < 1.29 is 4.79 Å². The molecule has 38 heavy (non-hydrogen) atoms. The van der Waals surface area contributed by atoms with Gasteiger partial charge in [-0.05, 0) is 77.5 Å². The van der Waals surface area contributed by atoms with Gasteiger partial charge in [-0.1, -0.05) is 30.3 Å². The maximum atomic E-state index is 10.3. The fourth-order valence-electron chi connectivity index (χ4n) is 4.33. The van der Waals surface area contributed by atoms with Crippen molar-refractivity contribution in [1.29, 1.82) is 0 Å². The number of rotatable bonds is 11. The molecule has 0 fully saturated rings. The average molecular weight is 508 g/mol. The number of nitrogen functional groups attached to an aromatic ring is 1. The quantitative estimate of drug-likeness (QED) is 0.145. The number of anilines is 3. The first-order valence-corrected chi connectivity index (χ1v) is 12.4. The third kappa shape index (κ3) is 6.73. The second-order valence-electron chi connectivity index (χ2n) is 9.18. The van der Waals surface area contributed by atoms with Gasteiger partial charge in [0.05, 0.1) is 0 Å². The number of hydrogen-bond donors (Lipinski definition) is 3. The number of nitrogens with one attached hydrogen (secondary N) is 2. The van der Waals surface area contributed by atoms with Crippen LogP contribution < -0.4 is 16.4 Å². The molecule has 0 radical (unpaired) electrons. The Labute approximate surface area is 223 Å².